The molecular weight excluding hydrogens is 244 g/mol. The van der Waals surface area contributed by atoms with Crippen molar-refractivity contribution in [3.63, 3.8) is 0 Å². The van der Waals surface area contributed by atoms with Crippen LogP contribution in [0.2, 0.25) is 0 Å². The second-order valence-corrected chi connectivity index (χ2v) is 5.17. The first-order valence-electron chi connectivity index (χ1n) is 4.79. The van der Waals surface area contributed by atoms with Crippen LogP contribution in [0.25, 0.3) is 10.8 Å². The molecule has 0 aromatic carbocycles. The van der Waals surface area contributed by atoms with E-state index in [0.717, 1.165) is 11.5 Å². The predicted octanol–water partition coefficient (Wildman–Crippen LogP) is 1.58. The first kappa shape index (κ1) is 11.6. The van der Waals surface area contributed by atoms with E-state index in [0.29, 0.717) is 10.6 Å². The number of hydrogen-bond donors (Lipinski definition) is 1. The normalized spacial score (nSPS) is 11.7. The van der Waals surface area contributed by atoms with E-state index in [2.05, 4.69) is 19.8 Å². The van der Waals surface area contributed by atoms with Crippen LogP contribution in [0.1, 0.15) is 37.2 Å². The zero-order valence-corrected chi connectivity index (χ0v) is 10.3. The summed E-state index contributed by atoms with van der Waals surface area (Å²) in [5, 5.41) is 19.8. The molecule has 1 N–H and O–H groups in total. The fourth-order valence-electron chi connectivity index (χ4n) is 1.22. The second-order valence-electron chi connectivity index (χ2n) is 4.42. The van der Waals surface area contributed by atoms with Gasteiger partial charge in [-0.2, -0.15) is 0 Å². The Kier molecular flexibility index (Phi) is 2.66. The highest BCUT2D eigenvalue weighted by Gasteiger charge is 2.27. The highest BCUT2D eigenvalue weighted by Crippen LogP contribution is 2.32. The molecule has 90 valence electrons. The average Bonchev–Trinajstić information content (AvgIpc) is 2.85. The van der Waals surface area contributed by atoms with E-state index in [-0.39, 0.29) is 11.3 Å². The molecule has 0 aliphatic rings. The van der Waals surface area contributed by atoms with Gasteiger partial charge in [0, 0.05) is 5.41 Å². The second kappa shape index (κ2) is 3.88. The first-order chi connectivity index (χ1) is 7.89. The number of hydrogen-bond acceptors (Lipinski definition) is 7. The van der Waals surface area contributed by atoms with Crippen LogP contribution in [0, 0.1) is 0 Å². The van der Waals surface area contributed by atoms with Crippen molar-refractivity contribution in [3.05, 3.63) is 11.6 Å². The van der Waals surface area contributed by atoms with Crippen molar-refractivity contribution >= 4 is 17.5 Å². The zero-order valence-electron chi connectivity index (χ0n) is 9.46. The standard InChI is InChI=1S/C9H10N4O3S/c1-9(2,3)5-4(17-13-10-5)6-11-12-7(16-6)8(14)15/h1-3H3,(H,14,15). The summed E-state index contributed by atoms with van der Waals surface area (Å²) < 4.78 is 8.87. The maximum atomic E-state index is 10.6. The number of nitrogens with zero attached hydrogens (tertiary/aromatic N) is 4. The van der Waals surface area contributed by atoms with E-state index in [9.17, 15) is 4.79 Å². The molecule has 0 saturated heterocycles. The van der Waals surface area contributed by atoms with Gasteiger partial charge in [-0.15, -0.1) is 15.3 Å². The Morgan fingerprint density at radius 1 is 1.29 bits per heavy atom. The quantitative estimate of drug-likeness (QED) is 0.867. The van der Waals surface area contributed by atoms with Gasteiger partial charge in [0.25, 0.3) is 5.89 Å². The molecule has 0 radical (unpaired) electrons. The maximum Gasteiger partial charge on any atom is 0.393 e. The van der Waals surface area contributed by atoms with Gasteiger partial charge >= 0.3 is 11.9 Å². The lowest BCUT2D eigenvalue weighted by Crippen LogP contribution is -2.13. The van der Waals surface area contributed by atoms with Gasteiger partial charge < -0.3 is 9.52 Å². The largest absolute Gasteiger partial charge is 0.474 e. The van der Waals surface area contributed by atoms with E-state index in [1.165, 1.54) is 0 Å². The lowest BCUT2D eigenvalue weighted by molar-refractivity contribution is 0.0654. The molecule has 2 aromatic heterocycles. The Labute approximate surface area is 101 Å². The number of carbonyl (C=O) groups is 1. The summed E-state index contributed by atoms with van der Waals surface area (Å²) in [6.07, 6.45) is 0. The highest BCUT2D eigenvalue weighted by molar-refractivity contribution is 7.09. The predicted molar refractivity (Wildman–Crippen MR) is 58.9 cm³/mol. The van der Waals surface area contributed by atoms with Gasteiger partial charge in [-0.05, 0) is 11.5 Å². The molecule has 0 spiro atoms. The van der Waals surface area contributed by atoms with E-state index in [1.807, 2.05) is 20.8 Å². The summed E-state index contributed by atoms with van der Waals surface area (Å²) in [6.45, 7) is 5.92. The third-order valence-electron chi connectivity index (χ3n) is 2.00. The smallest absolute Gasteiger partial charge is 0.393 e. The molecule has 0 fully saturated rings. The van der Waals surface area contributed by atoms with Gasteiger partial charge in [0.1, 0.15) is 4.88 Å². The summed E-state index contributed by atoms with van der Waals surface area (Å²) in [6, 6.07) is 0. The Balaban J connectivity index is 2.47. The van der Waals surface area contributed by atoms with Crippen molar-refractivity contribution in [2.75, 3.05) is 0 Å². The van der Waals surface area contributed by atoms with E-state index >= 15 is 0 Å². The molecule has 2 aromatic rings. The summed E-state index contributed by atoms with van der Waals surface area (Å²) in [5.74, 6) is -1.55. The monoisotopic (exact) mass is 254 g/mol. The lowest BCUT2D eigenvalue weighted by atomic mass is 9.91. The summed E-state index contributed by atoms with van der Waals surface area (Å²) in [7, 11) is 0. The van der Waals surface area contributed by atoms with Crippen molar-refractivity contribution in [2.24, 2.45) is 0 Å². The maximum absolute atomic E-state index is 10.6. The van der Waals surface area contributed by atoms with Crippen LogP contribution in [0.5, 0.6) is 0 Å². The van der Waals surface area contributed by atoms with E-state index in [4.69, 9.17) is 9.52 Å². The van der Waals surface area contributed by atoms with Crippen LogP contribution in [0.4, 0.5) is 0 Å². The van der Waals surface area contributed by atoms with Gasteiger partial charge in [0.2, 0.25) is 0 Å². The molecule has 0 aliphatic heterocycles. The van der Waals surface area contributed by atoms with Crippen molar-refractivity contribution < 1.29 is 14.3 Å². The van der Waals surface area contributed by atoms with E-state index < -0.39 is 11.9 Å². The topological polar surface area (TPSA) is 102 Å². The minimum absolute atomic E-state index is 0.141. The van der Waals surface area contributed by atoms with Gasteiger partial charge in [0.05, 0.1) is 5.69 Å². The number of carboxylic acid groups (broad SMARTS) is 1. The number of aromatic nitrogens is 4. The summed E-state index contributed by atoms with van der Waals surface area (Å²) in [5.41, 5.74) is 0.489. The Morgan fingerprint density at radius 2 is 2.00 bits per heavy atom. The molecule has 17 heavy (non-hydrogen) atoms. The van der Waals surface area contributed by atoms with Crippen LogP contribution in [0.3, 0.4) is 0 Å². The average molecular weight is 254 g/mol. The number of carboxylic acids is 1. The highest BCUT2D eigenvalue weighted by atomic mass is 32.1. The molecular formula is C9H10N4O3S. The molecule has 0 amide bonds. The lowest BCUT2D eigenvalue weighted by Gasteiger charge is -2.14. The molecule has 0 aliphatic carbocycles. The van der Waals surface area contributed by atoms with Crippen LogP contribution < -0.4 is 0 Å². The van der Waals surface area contributed by atoms with Crippen molar-refractivity contribution in [2.45, 2.75) is 26.2 Å². The summed E-state index contributed by atoms with van der Waals surface area (Å²) >= 11 is 1.10. The minimum Gasteiger partial charge on any atom is -0.474 e. The number of rotatable bonds is 2. The molecule has 0 unspecified atom stereocenters. The molecule has 7 nitrogen and oxygen atoms in total. The van der Waals surface area contributed by atoms with Crippen LogP contribution in [0.15, 0.2) is 4.42 Å². The zero-order chi connectivity index (χ0) is 12.6. The minimum atomic E-state index is -1.25. The Hall–Kier alpha value is -1.83. The Morgan fingerprint density at radius 3 is 2.53 bits per heavy atom. The van der Waals surface area contributed by atoms with Crippen LogP contribution >= 0.6 is 11.5 Å². The van der Waals surface area contributed by atoms with Gasteiger partial charge in [-0.25, -0.2) is 4.79 Å². The molecule has 0 saturated carbocycles. The summed E-state index contributed by atoms with van der Waals surface area (Å²) in [4.78, 5) is 11.3. The first-order valence-corrected chi connectivity index (χ1v) is 5.57. The third kappa shape index (κ3) is 2.16. The molecule has 0 atom stereocenters. The van der Waals surface area contributed by atoms with Crippen molar-refractivity contribution in [3.8, 4) is 10.8 Å². The SMILES string of the molecule is CC(C)(C)c1nnsc1-c1nnc(C(=O)O)o1. The number of aromatic carboxylic acids is 1. The molecule has 2 heterocycles. The third-order valence-corrected chi connectivity index (χ3v) is 2.71. The van der Waals surface area contributed by atoms with E-state index in [1.54, 1.807) is 0 Å². The fourth-order valence-corrected chi connectivity index (χ4v) is 2.02. The van der Waals surface area contributed by atoms with Crippen molar-refractivity contribution in [1.29, 1.82) is 0 Å². The van der Waals surface area contributed by atoms with Crippen LogP contribution in [-0.2, 0) is 5.41 Å². The molecule has 2 rings (SSSR count). The van der Waals surface area contributed by atoms with Gasteiger partial charge in [0.15, 0.2) is 0 Å². The van der Waals surface area contributed by atoms with Crippen molar-refractivity contribution in [1.82, 2.24) is 19.8 Å². The molecule has 8 heteroatoms. The molecule has 0 bridgehead atoms. The van der Waals surface area contributed by atoms with Gasteiger partial charge in [-0.3, -0.25) is 0 Å². The van der Waals surface area contributed by atoms with Gasteiger partial charge in [-0.1, -0.05) is 25.3 Å². The fraction of sp³-hybridized carbons (Fsp3) is 0.444. The van der Waals surface area contributed by atoms with Crippen LogP contribution in [-0.4, -0.2) is 30.9 Å². The Bertz CT molecular complexity index is 555.